The Morgan fingerprint density at radius 3 is 2.46 bits per heavy atom. The number of carboxylic acid groups (broad SMARTS) is 1. The maximum absolute atomic E-state index is 12.6. The standard InChI is InChI=1S/C28H27N3O6/c32-24(22(28(34)35)13-14-31-27(33)21-3-1-2-4-23(21)29-30-31)11-7-18-5-8-19(9-6-18)20-10-12-25-26(17-20)37-16-15-36-25/h1-6,8-10,12,17,22,24,32H,7,11,13-16H2,(H,34,35)/t22-,24+/m0/s1. The molecule has 0 aliphatic carbocycles. The summed E-state index contributed by atoms with van der Waals surface area (Å²) in [4.78, 5) is 24.5. The monoisotopic (exact) mass is 501 g/mol. The molecule has 2 heterocycles. The highest BCUT2D eigenvalue weighted by molar-refractivity contribution is 5.76. The Morgan fingerprint density at radius 2 is 1.68 bits per heavy atom. The summed E-state index contributed by atoms with van der Waals surface area (Å²) in [5.41, 5.74) is 3.17. The third-order valence-corrected chi connectivity index (χ3v) is 6.62. The summed E-state index contributed by atoms with van der Waals surface area (Å²) in [6.45, 7) is 1.13. The van der Waals surface area contributed by atoms with E-state index < -0.39 is 18.0 Å². The van der Waals surface area contributed by atoms with Crippen LogP contribution in [0.3, 0.4) is 0 Å². The molecule has 37 heavy (non-hydrogen) atoms. The second kappa shape index (κ2) is 10.8. The Bertz CT molecular complexity index is 1470. The van der Waals surface area contributed by atoms with E-state index in [0.717, 1.165) is 32.9 Å². The Balaban J connectivity index is 1.20. The predicted octanol–water partition coefficient (Wildman–Crippen LogP) is 3.31. The fraction of sp³-hybridized carbons (Fsp3) is 0.286. The molecular formula is C28H27N3O6. The van der Waals surface area contributed by atoms with Gasteiger partial charge in [-0.15, -0.1) is 5.10 Å². The van der Waals surface area contributed by atoms with Crippen LogP contribution in [0, 0.1) is 5.92 Å². The molecule has 1 aliphatic heterocycles. The Labute approximate surface area is 212 Å². The molecule has 3 aromatic carbocycles. The first-order valence-corrected chi connectivity index (χ1v) is 12.2. The molecule has 5 rings (SSSR count). The SMILES string of the molecule is O=C(O)[C@@H](CCn1nnc2ccccc2c1=O)[C@H](O)CCc1ccc(-c2ccc3c(c2)OCCO3)cc1. The average molecular weight is 502 g/mol. The minimum Gasteiger partial charge on any atom is -0.486 e. The van der Waals surface area contributed by atoms with Crippen molar-refractivity contribution in [3.05, 3.63) is 82.6 Å². The first-order chi connectivity index (χ1) is 18.0. The molecule has 2 atom stereocenters. The van der Waals surface area contributed by atoms with Crippen molar-refractivity contribution in [1.82, 2.24) is 15.0 Å². The average Bonchev–Trinajstić information content (AvgIpc) is 2.93. The number of hydrogen-bond donors (Lipinski definition) is 2. The summed E-state index contributed by atoms with van der Waals surface area (Å²) < 4.78 is 12.4. The normalized spacial score (nSPS) is 14.3. The largest absolute Gasteiger partial charge is 0.486 e. The van der Waals surface area contributed by atoms with Crippen LogP contribution in [0.15, 0.2) is 71.5 Å². The third-order valence-electron chi connectivity index (χ3n) is 6.62. The van der Waals surface area contributed by atoms with Crippen LogP contribution in [0.1, 0.15) is 18.4 Å². The molecule has 1 aliphatic rings. The van der Waals surface area contributed by atoms with Crippen LogP contribution in [-0.2, 0) is 17.8 Å². The van der Waals surface area contributed by atoms with Crippen molar-refractivity contribution in [2.75, 3.05) is 13.2 Å². The van der Waals surface area contributed by atoms with Crippen molar-refractivity contribution in [3.8, 4) is 22.6 Å². The van der Waals surface area contributed by atoms with E-state index in [1.165, 1.54) is 0 Å². The quantitative estimate of drug-likeness (QED) is 0.358. The van der Waals surface area contributed by atoms with E-state index >= 15 is 0 Å². The van der Waals surface area contributed by atoms with Crippen LogP contribution < -0.4 is 15.0 Å². The molecule has 4 aromatic rings. The van der Waals surface area contributed by atoms with E-state index in [2.05, 4.69) is 10.3 Å². The van der Waals surface area contributed by atoms with Crippen LogP contribution in [0.25, 0.3) is 22.0 Å². The molecule has 0 saturated carbocycles. The summed E-state index contributed by atoms with van der Waals surface area (Å²) in [6, 6.07) is 20.6. The molecule has 9 heteroatoms. The number of aromatic nitrogens is 3. The lowest BCUT2D eigenvalue weighted by Gasteiger charge is -2.19. The number of carbonyl (C=O) groups is 1. The fourth-order valence-electron chi connectivity index (χ4n) is 4.51. The molecule has 0 amide bonds. The number of hydrogen-bond acceptors (Lipinski definition) is 7. The minimum atomic E-state index is -1.11. The van der Waals surface area contributed by atoms with Gasteiger partial charge >= 0.3 is 5.97 Å². The fourth-order valence-corrected chi connectivity index (χ4v) is 4.51. The number of aryl methyl sites for hydroxylation is 2. The van der Waals surface area contributed by atoms with Gasteiger partial charge in [0, 0.05) is 6.54 Å². The molecule has 1 aromatic heterocycles. The lowest BCUT2D eigenvalue weighted by molar-refractivity contribution is -0.146. The van der Waals surface area contributed by atoms with Crippen molar-refractivity contribution in [1.29, 1.82) is 0 Å². The van der Waals surface area contributed by atoms with Crippen LogP contribution in [0.4, 0.5) is 0 Å². The van der Waals surface area contributed by atoms with Crippen molar-refractivity contribution in [2.45, 2.75) is 31.9 Å². The van der Waals surface area contributed by atoms with Gasteiger partial charge in [0.1, 0.15) is 18.7 Å². The Morgan fingerprint density at radius 1 is 0.946 bits per heavy atom. The van der Waals surface area contributed by atoms with Crippen molar-refractivity contribution < 1.29 is 24.5 Å². The highest BCUT2D eigenvalue weighted by atomic mass is 16.6. The topological polar surface area (TPSA) is 124 Å². The number of fused-ring (bicyclic) bond motifs is 2. The number of rotatable bonds is 9. The van der Waals surface area contributed by atoms with Crippen LogP contribution >= 0.6 is 0 Å². The molecule has 0 saturated heterocycles. The van der Waals surface area contributed by atoms with Crippen molar-refractivity contribution in [3.63, 3.8) is 0 Å². The molecule has 0 radical (unpaired) electrons. The van der Waals surface area contributed by atoms with Crippen LogP contribution in [-0.4, -0.2) is 50.5 Å². The van der Waals surface area contributed by atoms with Crippen LogP contribution in [0.2, 0.25) is 0 Å². The maximum Gasteiger partial charge on any atom is 0.309 e. The van der Waals surface area contributed by atoms with Gasteiger partial charge in [0.15, 0.2) is 11.5 Å². The number of carboxylic acids is 1. The molecule has 190 valence electrons. The minimum absolute atomic E-state index is 0.0505. The highest BCUT2D eigenvalue weighted by Crippen LogP contribution is 2.34. The van der Waals surface area contributed by atoms with Gasteiger partial charge < -0.3 is 19.7 Å². The Kier molecular flexibility index (Phi) is 7.14. The highest BCUT2D eigenvalue weighted by Gasteiger charge is 2.26. The maximum atomic E-state index is 12.6. The summed E-state index contributed by atoms with van der Waals surface area (Å²) >= 11 is 0. The van der Waals surface area contributed by atoms with Gasteiger partial charge in [-0.05, 0) is 60.2 Å². The van der Waals surface area contributed by atoms with E-state index in [1.54, 1.807) is 24.3 Å². The zero-order valence-electron chi connectivity index (χ0n) is 20.1. The lowest BCUT2D eigenvalue weighted by atomic mass is 9.93. The van der Waals surface area contributed by atoms with Gasteiger partial charge in [-0.3, -0.25) is 9.59 Å². The number of aliphatic hydroxyl groups is 1. The molecule has 0 unspecified atom stereocenters. The van der Waals surface area contributed by atoms with E-state index in [1.807, 2.05) is 42.5 Å². The van der Waals surface area contributed by atoms with Gasteiger partial charge in [0.25, 0.3) is 5.56 Å². The predicted molar refractivity (Wildman–Crippen MR) is 137 cm³/mol. The molecule has 0 bridgehead atoms. The van der Waals surface area contributed by atoms with Crippen molar-refractivity contribution >= 4 is 16.9 Å². The first kappa shape index (κ1) is 24.5. The number of aliphatic carboxylic acids is 1. The number of ether oxygens (including phenoxy) is 2. The van der Waals surface area contributed by atoms with Gasteiger partial charge in [-0.2, -0.15) is 0 Å². The summed E-state index contributed by atoms with van der Waals surface area (Å²) in [6.07, 6.45) is -0.216. The second-order valence-corrected chi connectivity index (χ2v) is 9.03. The number of benzene rings is 3. The molecular weight excluding hydrogens is 474 g/mol. The van der Waals surface area contributed by atoms with E-state index in [9.17, 15) is 19.8 Å². The zero-order chi connectivity index (χ0) is 25.8. The van der Waals surface area contributed by atoms with Gasteiger partial charge in [0.2, 0.25) is 0 Å². The smallest absolute Gasteiger partial charge is 0.309 e. The molecule has 0 fully saturated rings. The van der Waals surface area contributed by atoms with Crippen molar-refractivity contribution in [2.24, 2.45) is 5.92 Å². The second-order valence-electron chi connectivity index (χ2n) is 9.03. The third kappa shape index (κ3) is 5.46. The zero-order valence-corrected chi connectivity index (χ0v) is 20.1. The van der Waals surface area contributed by atoms with Gasteiger partial charge in [0.05, 0.1) is 17.4 Å². The lowest BCUT2D eigenvalue weighted by Crippen LogP contribution is -2.32. The van der Waals surface area contributed by atoms with Gasteiger partial charge in [-0.1, -0.05) is 47.7 Å². The van der Waals surface area contributed by atoms with Gasteiger partial charge in [-0.25, -0.2) is 4.68 Å². The summed E-state index contributed by atoms with van der Waals surface area (Å²) in [7, 11) is 0. The summed E-state index contributed by atoms with van der Waals surface area (Å²) in [5.74, 6) is -0.667. The summed E-state index contributed by atoms with van der Waals surface area (Å²) in [5, 5.41) is 28.7. The van der Waals surface area contributed by atoms with E-state index in [-0.39, 0.29) is 24.9 Å². The van der Waals surface area contributed by atoms with E-state index in [4.69, 9.17) is 9.47 Å². The molecule has 9 nitrogen and oxygen atoms in total. The molecule has 2 N–H and O–H groups in total. The number of aliphatic hydroxyl groups excluding tert-OH is 1. The Hall–Kier alpha value is -4.24. The molecule has 0 spiro atoms. The number of nitrogens with zero attached hydrogens (tertiary/aromatic N) is 3. The van der Waals surface area contributed by atoms with E-state index in [0.29, 0.717) is 30.5 Å². The first-order valence-electron chi connectivity index (χ1n) is 12.2. The van der Waals surface area contributed by atoms with Crippen LogP contribution in [0.5, 0.6) is 11.5 Å².